The molecule has 0 radical (unpaired) electrons. The summed E-state index contributed by atoms with van der Waals surface area (Å²) >= 11 is 0. The minimum absolute atomic E-state index is 0.229. The number of hydrogen-bond donors (Lipinski definition) is 1. The highest BCUT2D eigenvalue weighted by atomic mass is 32.2. The van der Waals surface area contributed by atoms with Crippen LogP contribution >= 0.6 is 0 Å². The van der Waals surface area contributed by atoms with E-state index in [4.69, 9.17) is 0 Å². The van der Waals surface area contributed by atoms with Crippen LogP contribution in [0.25, 0.3) is 0 Å². The molecular weight excluding hydrogens is 258 g/mol. The second-order valence-electron chi connectivity index (χ2n) is 6.69. The molecule has 0 saturated heterocycles. The summed E-state index contributed by atoms with van der Waals surface area (Å²) in [5, 5.41) is 3.38. The van der Waals surface area contributed by atoms with Gasteiger partial charge in [0.25, 0.3) is 0 Å². The van der Waals surface area contributed by atoms with Crippen molar-refractivity contribution in [2.75, 3.05) is 12.3 Å². The monoisotopic (exact) mass is 287 g/mol. The molecule has 0 amide bonds. The van der Waals surface area contributed by atoms with Crippen LogP contribution in [0.2, 0.25) is 0 Å². The van der Waals surface area contributed by atoms with Gasteiger partial charge in [0.1, 0.15) is 0 Å². The average Bonchev–Trinajstić information content (AvgIpc) is 3.02. The van der Waals surface area contributed by atoms with Gasteiger partial charge in [0, 0.05) is 6.04 Å². The Morgan fingerprint density at radius 3 is 2.26 bits per heavy atom. The summed E-state index contributed by atoms with van der Waals surface area (Å²) in [6, 6.07) is 0.727. The Morgan fingerprint density at radius 2 is 1.74 bits per heavy atom. The van der Waals surface area contributed by atoms with E-state index in [9.17, 15) is 8.42 Å². The van der Waals surface area contributed by atoms with Crippen molar-refractivity contribution in [3.05, 3.63) is 0 Å². The highest BCUT2D eigenvalue weighted by Crippen LogP contribution is 2.34. The van der Waals surface area contributed by atoms with Crippen LogP contribution in [-0.4, -0.2) is 32.0 Å². The molecule has 2 aliphatic rings. The molecule has 2 saturated carbocycles. The van der Waals surface area contributed by atoms with Crippen molar-refractivity contribution in [2.45, 2.75) is 70.1 Å². The van der Waals surface area contributed by atoms with E-state index in [-0.39, 0.29) is 5.25 Å². The molecule has 2 rings (SSSR count). The molecule has 3 nitrogen and oxygen atoms in total. The summed E-state index contributed by atoms with van der Waals surface area (Å²) in [7, 11) is -2.87. The second kappa shape index (κ2) is 6.57. The van der Waals surface area contributed by atoms with Gasteiger partial charge in [-0.2, -0.15) is 0 Å². The first-order chi connectivity index (χ1) is 8.99. The van der Waals surface area contributed by atoms with Crippen LogP contribution < -0.4 is 5.32 Å². The first kappa shape index (κ1) is 15.3. The molecule has 0 aromatic carbocycles. The average molecular weight is 287 g/mol. The minimum Gasteiger partial charge on any atom is -0.314 e. The van der Waals surface area contributed by atoms with E-state index in [1.165, 1.54) is 38.5 Å². The zero-order valence-corrected chi connectivity index (χ0v) is 13.2. The maximum absolute atomic E-state index is 12.0. The topological polar surface area (TPSA) is 46.2 Å². The fourth-order valence-electron chi connectivity index (χ4n) is 3.09. The number of nitrogens with one attached hydrogen (secondary N) is 1. The third-order valence-corrected chi connectivity index (χ3v) is 7.05. The highest BCUT2D eigenvalue weighted by molar-refractivity contribution is 7.91. The van der Waals surface area contributed by atoms with Gasteiger partial charge in [0.05, 0.1) is 11.0 Å². The molecule has 112 valence electrons. The molecule has 0 aromatic rings. The molecule has 0 bridgehead atoms. The maximum atomic E-state index is 12.0. The highest BCUT2D eigenvalue weighted by Gasteiger charge is 2.29. The fourth-order valence-corrected chi connectivity index (χ4v) is 4.19. The van der Waals surface area contributed by atoms with Crippen molar-refractivity contribution < 1.29 is 8.42 Å². The summed E-state index contributed by atoms with van der Waals surface area (Å²) in [5.41, 5.74) is 0. The van der Waals surface area contributed by atoms with E-state index in [1.807, 2.05) is 0 Å². The summed E-state index contributed by atoms with van der Waals surface area (Å²) in [5.74, 6) is 1.70. The predicted octanol–water partition coefficient (Wildman–Crippen LogP) is 2.76. The molecule has 0 heterocycles. The van der Waals surface area contributed by atoms with E-state index in [2.05, 4.69) is 5.32 Å². The van der Waals surface area contributed by atoms with E-state index in [0.717, 1.165) is 24.9 Å². The molecule has 0 spiro atoms. The Bertz CT molecular complexity index is 368. The lowest BCUT2D eigenvalue weighted by Crippen LogP contribution is -2.31. The predicted molar refractivity (Wildman–Crippen MR) is 80.0 cm³/mol. The van der Waals surface area contributed by atoms with Crippen molar-refractivity contribution in [1.82, 2.24) is 5.32 Å². The largest absolute Gasteiger partial charge is 0.314 e. The molecule has 1 N–H and O–H groups in total. The van der Waals surface area contributed by atoms with Crippen molar-refractivity contribution in [3.8, 4) is 0 Å². The van der Waals surface area contributed by atoms with Crippen LogP contribution in [0.15, 0.2) is 0 Å². The molecule has 19 heavy (non-hydrogen) atoms. The van der Waals surface area contributed by atoms with Crippen LogP contribution in [0.4, 0.5) is 0 Å². The zero-order chi connectivity index (χ0) is 13.9. The lowest BCUT2D eigenvalue weighted by atomic mass is 9.88. The molecule has 1 unspecified atom stereocenters. The molecule has 2 fully saturated rings. The van der Waals surface area contributed by atoms with Crippen molar-refractivity contribution >= 4 is 9.84 Å². The number of sulfone groups is 1. The molecule has 4 heteroatoms. The smallest absolute Gasteiger partial charge is 0.152 e. The van der Waals surface area contributed by atoms with Crippen LogP contribution in [0, 0.1) is 11.8 Å². The van der Waals surface area contributed by atoms with Crippen molar-refractivity contribution in [1.29, 1.82) is 0 Å². The number of rotatable bonds is 8. The fraction of sp³-hybridized carbons (Fsp3) is 1.00. The Balaban J connectivity index is 1.84. The van der Waals surface area contributed by atoms with Gasteiger partial charge in [-0.1, -0.05) is 25.7 Å². The molecule has 0 aromatic heterocycles. The third kappa shape index (κ3) is 4.75. The lowest BCUT2D eigenvalue weighted by molar-refractivity contribution is 0.313. The summed E-state index contributed by atoms with van der Waals surface area (Å²) in [6.07, 6.45) is 8.74. The summed E-state index contributed by atoms with van der Waals surface area (Å²) in [4.78, 5) is 0. The van der Waals surface area contributed by atoms with E-state index >= 15 is 0 Å². The SMILES string of the molecule is CC(C)S(=O)(=O)CCC(CNC1CC1)C1CCCC1. The Morgan fingerprint density at radius 1 is 1.11 bits per heavy atom. The Labute approximate surface area is 118 Å². The van der Waals surface area contributed by atoms with Crippen LogP contribution in [0.1, 0.15) is 58.8 Å². The number of hydrogen-bond acceptors (Lipinski definition) is 3. The minimum atomic E-state index is -2.87. The van der Waals surface area contributed by atoms with E-state index < -0.39 is 9.84 Å². The van der Waals surface area contributed by atoms with Crippen LogP contribution in [-0.2, 0) is 9.84 Å². The zero-order valence-electron chi connectivity index (χ0n) is 12.4. The van der Waals surface area contributed by atoms with E-state index in [0.29, 0.717) is 11.7 Å². The lowest BCUT2D eigenvalue weighted by Gasteiger charge is -2.24. The van der Waals surface area contributed by atoms with Crippen LogP contribution in [0.3, 0.4) is 0 Å². The van der Waals surface area contributed by atoms with E-state index in [1.54, 1.807) is 13.8 Å². The van der Waals surface area contributed by atoms with Gasteiger partial charge in [0.15, 0.2) is 9.84 Å². The Kier molecular flexibility index (Phi) is 5.29. The quantitative estimate of drug-likeness (QED) is 0.746. The molecule has 2 aliphatic carbocycles. The van der Waals surface area contributed by atoms with Gasteiger partial charge >= 0.3 is 0 Å². The van der Waals surface area contributed by atoms with Crippen molar-refractivity contribution in [2.24, 2.45) is 11.8 Å². The second-order valence-corrected chi connectivity index (χ2v) is 9.37. The molecule has 0 aliphatic heterocycles. The summed E-state index contributed by atoms with van der Waals surface area (Å²) in [6.45, 7) is 4.62. The summed E-state index contributed by atoms with van der Waals surface area (Å²) < 4.78 is 24.0. The maximum Gasteiger partial charge on any atom is 0.152 e. The van der Waals surface area contributed by atoms with Gasteiger partial charge in [-0.3, -0.25) is 0 Å². The molecular formula is C15H29NO2S. The Hall–Kier alpha value is -0.0900. The van der Waals surface area contributed by atoms with Gasteiger partial charge in [-0.25, -0.2) is 8.42 Å². The standard InChI is InChI=1S/C15H29NO2S/c1-12(2)19(17,18)10-9-14(11-16-15-7-8-15)13-5-3-4-6-13/h12-16H,3-11H2,1-2H3. The van der Waals surface area contributed by atoms with Gasteiger partial charge in [-0.15, -0.1) is 0 Å². The van der Waals surface area contributed by atoms with Gasteiger partial charge < -0.3 is 5.32 Å². The third-order valence-electron chi connectivity index (χ3n) is 4.80. The molecule has 1 atom stereocenters. The normalized spacial score (nSPS) is 23.1. The van der Waals surface area contributed by atoms with Gasteiger partial charge in [0.2, 0.25) is 0 Å². The van der Waals surface area contributed by atoms with Crippen molar-refractivity contribution in [3.63, 3.8) is 0 Å². The van der Waals surface area contributed by atoms with Crippen LogP contribution in [0.5, 0.6) is 0 Å². The first-order valence-corrected chi connectivity index (χ1v) is 9.65. The van der Waals surface area contributed by atoms with Gasteiger partial charge in [-0.05, 0) is 51.5 Å². The first-order valence-electron chi connectivity index (χ1n) is 7.94.